The number of benzene rings is 1. The first-order valence-electron chi connectivity index (χ1n) is 7.36. The van der Waals surface area contributed by atoms with Gasteiger partial charge in [-0.05, 0) is 43.8 Å². The number of alkyl carbamates (subject to hydrolysis) is 1. The molecule has 0 saturated carbocycles. The summed E-state index contributed by atoms with van der Waals surface area (Å²) in [6, 6.07) is 7.12. The van der Waals surface area contributed by atoms with Crippen LogP contribution in [0.15, 0.2) is 29.6 Å². The van der Waals surface area contributed by atoms with Gasteiger partial charge in [-0.25, -0.2) is 4.79 Å². The highest BCUT2D eigenvalue weighted by molar-refractivity contribution is 7.14. The van der Waals surface area contributed by atoms with E-state index in [-0.39, 0.29) is 18.1 Å². The first-order chi connectivity index (χ1) is 11.4. The lowest BCUT2D eigenvalue weighted by Crippen LogP contribution is -2.31. The van der Waals surface area contributed by atoms with E-state index in [1.54, 1.807) is 18.4 Å². The van der Waals surface area contributed by atoms with Crippen molar-refractivity contribution in [3.05, 3.63) is 51.9 Å². The molecular weight excluding hydrogens is 328 g/mol. The number of ether oxygens (including phenoxy) is 1. The number of aryl methyl sites for hydroxylation is 2. The molecule has 1 aromatic heterocycles. The fraction of sp³-hybridized carbons (Fsp3) is 0.235. The topological polar surface area (TPSA) is 84.5 Å². The molecule has 0 fully saturated rings. The third kappa shape index (κ3) is 4.20. The zero-order chi connectivity index (χ0) is 17.7. The Bertz CT molecular complexity index is 783. The highest BCUT2D eigenvalue weighted by Gasteiger charge is 2.19. The molecule has 2 aromatic rings. The molecule has 126 valence electrons. The number of rotatable bonds is 4. The molecule has 1 aromatic carbocycles. The van der Waals surface area contributed by atoms with E-state index < -0.39 is 12.0 Å². The molecule has 0 bridgehead atoms. The average Bonchev–Trinajstić information content (AvgIpc) is 2.98. The summed E-state index contributed by atoms with van der Waals surface area (Å²) in [6.07, 6.45) is -0.819. The van der Waals surface area contributed by atoms with Gasteiger partial charge in [-0.3, -0.25) is 14.9 Å². The van der Waals surface area contributed by atoms with Gasteiger partial charge in [0.05, 0.1) is 12.2 Å². The highest BCUT2D eigenvalue weighted by atomic mass is 32.1. The van der Waals surface area contributed by atoms with Crippen molar-refractivity contribution < 1.29 is 19.1 Å². The second-order valence-electron chi connectivity index (χ2n) is 5.11. The monoisotopic (exact) mass is 346 g/mol. The lowest BCUT2D eigenvalue weighted by atomic mass is 10.1. The van der Waals surface area contributed by atoms with Crippen LogP contribution >= 0.6 is 11.3 Å². The van der Waals surface area contributed by atoms with Crippen molar-refractivity contribution in [1.82, 2.24) is 5.32 Å². The van der Waals surface area contributed by atoms with Gasteiger partial charge in [0, 0.05) is 5.56 Å². The number of hydrogen-bond donors (Lipinski definition) is 2. The minimum absolute atomic E-state index is 0.166. The Morgan fingerprint density at radius 1 is 1.08 bits per heavy atom. The quantitative estimate of drug-likeness (QED) is 0.887. The Morgan fingerprint density at radius 2 is 1.83 bits per heavy atom. The van der Waals surface area contributed by atoms with Crippen LogP contribution in [0.2, 0.25) is 0 Å². The third-order valence-electron chi connectivity index (χ3n) is 3.27. The Kier molecular flexibility index (Phi) is 5.70. The van der Waals surface area contributed by atoms with Crippen LogP contribution in [0.25, 0.3) is 0 Å². The van der Waals surface area contributed by atoms with Crippen LogP contribution in [0.5, 0.6) is 0 Å². The number of carbonyl (C=O) groups excluding carboxylic acids is 3. The van der Waals surface area contributed by atoms with E-state index in [1.165, 1.54) is 17.4 Å². The van der Waals surface area contributed by atoms with Crippen molar-refractivity contribution >= 4 is 34.2 Å². The summed E-state index contributed by atoms with van der Waals surface area (Å²) < 4.78 is 4.67. The molecule has 0 spiro atoms. The van der Waals surface area contributed by atoms with Crippen LogP contribution in [-0.2, 0) is 4.74 Å². The van der Waals surface area contributed by atoms with Gasteiger partial charge >= 0.3 is 6.09 Å². The zero-order valence-corrected chi connectivity index (χ0v) is 14.5. The van der Waals surface area contributed by atoms with E-state index in [4.69, 9.17) is 0 Å². The van der Waals surface area contributed by atoms with E-state index in [0.717, 1.165) is 11.1 Å². The molecule has 0 atom stereocenters. The fourth-order valence-electron chi connectivity index (χ4n) is 2.06. The lowest BCUT2D eigenvalue weighted by molar-refractivity contribution is 0.0926. The minimum Gasteiger partial charge on any atom is -0.450 e. The number of thiophene rings is 1. The molecule has 0 aliphatic heterocycles. The summed E-state index contributed by atoms with van der Waals surface area (Å²) in [5.74, 6) is -0.921. The zero-order valence-electron chi connectivity index (χ0n) is 13.6. The van der Waals surface area contributed by atoms with E-state index in [2.05, 4.69) is 15.4 Å². The number of hydrogen-bond acceptors (Lipinski definition) is 5. The van der Waals surface area contributed by atoms with Crippen LogP contribution in [0.1, 0.15) is 38.8 Å². The molecule has 2 N–H and O–H groups in total. The van der Waals surface area contributed by atoms with E-state index in [9.17, 15) is 14.4 Å². The van der Waals surface area contributed by atoms with Crippen molar-refractivity contribution in [2.24, 2.45) is 0 Å². The number of carbonyl (C=O) groups is 3. The molecule has 3 amide bonds. The third-order valence-corrected chi connectivity index (χ3v) is 4.10. The summed E-state index contributed by atoms with van der Waals surface area (Å²) in [6.45, 7) is 5.56. The largest absolute Gasteiger partial charge is 0.450 e. The van der Waals surface area contributed by atoms with Crippen LogP contribution in [-0.4, -0.2) is 24.5 Å². The van der Waals surface area contributed by atoms with E-state index in [1.807, 2.05) is 26.0 Å². The molecule has 1 heterocycles. The van der Waals surface area contributed by atoms with Crippen molar-refractivity contribution in [2.45, 2.75) is 20.8 Å². The summed E-state index contributed by atoms with van der Waals surface area (Å²) in [5.41, 5.74) is 2.57. The van der Waals surface area contributed by atoms with Crippen LogP contribution in [0, 0.1) is 13.8 Å². The van der Waals surface area contributed by atoms with Gasteiger partial charge in [0.1, 0.15) is 5.00 Å². The molecule has 6 nitrogen and oxygen atoms in total. The van der Waals surface area contributed by atoms with Crippen molar-refractivity contribution in [2.75, 3.05) is 11.9 Å². The second-order valence-corrected chi connectivity index (χ2v) is 6.03. The predicted octanol–water partition coefficient (Wildman–Crippen LogP) is 3.50. The van der Waals surface area contributed by atoms with Crippen molar-refractivity contribution in [3.63, 3.8) is 0 Å². The standard InChI is InChI=1S/C17H18N2O4S/c1-4-23-17(22)19-14(20)12-7-8-24-16(12)18-15(21)13-9-10(2)5-6-11(13)3/h5-9H,4H2,1-3H3,(H,18,21)(H,19,20,22). The van der Waals surface area contributed by atoms with Gasteiger partial charge in [0.15, 0.2) is 0 Å². The molecule has 0 unspecified atom stereocenters. The molecule has 24 heavy (non-hydrogen) atoms. The van der Waals surface area contributed by atoms with E-state index in [0.29, 0.717) is 10.6 Å². The van der Waals surface area contributed by atoms with Gasteiger partial charge in [0.2, 0.25) is 0 Å². The van der Waals surface area contributed by atoms with Crippen molar-refractivity contribution in [3.8, 4) is 0 Å². The first-order valence-corrected chi connectivity index (χ1v) is 8.24. The van der Waals surface area contributed by atoms with Crippen LogP contribution in [0.3, 0.4) is 0 Å². The van der Waals surface area contributed by atoms with Gasteiger partial charge < -0.3 is 10.1 Å². The maximum absolute atomic E-state index is 12.5. The van der Waals surface area contributed by atoms with E-state index >= 15 is 0 Å². The van der Waals surface area contributed by atoms with Crippen LogP contribution in [0.4, 0.5) is 9.80 Å². The summed E-state index contributed by atoms with van der Waals surface area (Å²) in [7, 11) is 0. The SMILES string of the molecule is CCOC(=O)NC(=O)c1ccsc1NC(=O)c1cc(C)ccc1C. The maximum atomic E-state index is 12.5. The molecule has 0 saturated heterocycles. The summed E-state index contributed by atoms with van der Waals surface area (Å²) in [5, 5.41) is 6.88. The Labute approximate surface area is 143 Å². The lowest BCUT2D eigenvalue weighted by Gasteiger charge is -2.09. The van der Waals surface area contributed by atoms with Crippen LogP contribution < -0.4 is 10.6 Å². The molecule has 0 radical (unpaired) electrons. The minimum atomic E-state index is -0.819. The van der Waals surface area contributed by atoms with Gasteiger partial charge in [0.25, 0.3) is 11.8 Å². The predicted molar refractivity (Wildman–Crippen MR) is 92.7 cm³/mol. The Hall–Kier alpha value is -2.67. The first kappa shape index (κ1) is 17.7. The molecule has 0 aliphatic rings. The summed E-state index contributed by atoms with van der Waals surface area (Å²) in [4.78, 5) is 35.9. The molecular formula is C17H18N2O4S. The Balaban J connectivity index is 2.15. The number of nitrogens with one attached hydrogen (secondary N) is 2. The van der Waals surface area contributed by atoms with Crippen molar-refractivity contribution in [1.29, 1.82) is 0 Å². The Morgan fingerprint density at radius 3 is 2.54 bits per heavy atom. The van der Waals surface area contributed by atoms with Gasteiger partial charge in [-0.1, -0.05) is 17.7 Å². The smallest absolute Gasteiger partial charge is 0.414 e. The number of imide groups is 1. The maximum Gasteiger partial charge on any atom is 0.414 e. The second kappa shape index (κ2) is 7.74. The fourth-order valence-corrected chi connectivity index (χ4v) is 2.84. The van der Waals surface area contributed by atoms with Gasteiger partial charge in [-0.15, -0.1) is 11.3 Å². The normalized spacial score (nSPS) is 10.1. The number of amides is 3. The highest BCUT2D eigenvalue weighted by Crippen LogP contribution is 2.24. The molecule has 7 heteroatoms. The number of anilines is 1. The molecule has 2 rings (SSSR count). The van der Waals surface area contributed by atoms with Gasteiger partial charge in [-0.2, -0.15) is 0 Å². The summed E-state index contributed by atoms with van der Waals surface area (Å²) >= 11 is 1.21. The average molecular weight is 346 g/mol. The molecule has 0 aliphatic carbocycles.